The van der Waals surface area contributed by atoms with E-state index in [1.165, 1.54) is 4.90 Å². The molecule has 1 aromatic carbocycles. The fraction of sp³-hybridized carbons (Fsp3) is 0.455. The smallest absolute Gasteiger partial charge is 0.339 e. The van der Waals surface area contributed by atoms with Gasteiger partial charge < -0.3 is 24.5 Å². The number of rotatable bonds is 6. The first-order valence-corrected chi connectivity index (χ1v) is 10.4. The van der Waals surface area contributed by atoms with Crippen molar-refractivity contribution in [1.82, 2.24) is 10.2 Å². The van der Waals surface area contributed by atoms with E-state index >= 15 is 0 Å². The Kier molecular flexibility index (Phi) is 5.92. The lowest BCUT2D eigenvalue weighted by atomic mass is 9.91. The van der Waals surface area contributed by atoms with E-state index in [0.29, 0.717) is 30.7 Å². The van der Waals surface area contributed by atoms with Gasteiger partial charge in [0.25, 0.3) is 5.91 Å². The predicted octanol–water partition coefficient (Wildman–Crippen LogP) is 1.24. The highest BCUT2D eigenvalue weighted by atomic mass is 16.5. The lowest BCUT2D eigenvalue weighted by Gasteiger charge is -2.21. The zero-order valence-corrected chi connectivity index (χ0v) is 17.0. The van der Waals surface area contributed by atoms with Crippen molar-refractivity contribution in [1.29, 1.82) is 0 Å². The van der Waals surface area contributed by atoms with Gasteiger partial charge in [-0.15, -0.1) is 0 Å². The summed E-state index contributed by atoms with van der Waals surface area (Å²) in [6.45, 7) is -0.241. The quantitative estimate of drug-likeness (QED) is 0.663. The Balaban J connectivity index is 1.34. The largest absolute Gasteiger partial charge is 0.484 e. The molecule has 1 fully saturated rings. The number of carboxylic acids is 1. The molecule has 4 rings (SSSR count). The van der Waals surface area contributed by atoms with E-state index in [9.17, 15) is 19.2 Å². The highest BCUT2D eigenvalue weighted by molar-refractivity contribution is 5.89. The molecule has 2 N–H and O–H groups in total. The number of likely N-dealkylation sites (tertiary alicyclic amines) is 1. The van der Waals surface area contributed by atoms with Gasteiger partial charge in [0.2, 0.25) is 5.91 Å². The average Bonchev–Trinajstić information content (AvgIpc) is 3.26. The van der Waals surface area contributed by atoms with Crippen LogP contribution in [0.3, 0.4) is 0 Å². The highest BCUT2D eigenvalue weighted by Gasteiger charge is 2.33. The van der Waals surface area contributed by atoms with E-state index in [1.807, 2.05) is 6.07 Å². The maximum absolute atomic E-state index is 12.2. The van der Waals surface area contributed by atoms with E-state index in [4.69, 9.17) is 14.3 Å². The van der Waals surface area contributed by atoms with Gasteiger partial charge in [-0.2, -0.15) is 0 Å². The molecule has 164 valence electrons. The second-order valence-corrected chi connectivity index (χ2v) is 7.86. The highest BCUT2D eigenvalue weighted by Crippen LogP contribution is 2.29. The first kappa shape index (κ1) is 20.9. The predicted molar refractivity (Wildman–Crippen MR) is 110 cm³/mol. The van der Waals surface area contributed by atoms with Crippen LogP contribution in [0.25, 0.3) is 11.0 Å². The number of aryl methyl sites for hydroxylation is 1. The molecule has 0 spiro atoms. The monoisotopic (exact) mass is 428 g/mol. The zero-order valence-electron chi connectivity index (χ0n) is 17.0. The van der Waals surface area contributed by atoms with Gasteiger partial charge in [-0.1, -0.05) is 0 Å². The number of hydrogen-bond donors (Lipinski definition) is 2. The molecule has 1 saturated heterocycles. The maximum Gasteiger partial charge on any atom is 0.339 e. The first-order chi connectivity index (χ1) is 14.9. The van der Waals surface area contributed by atoms with Gasteiger partial charge in [-0.25, -0.2) is 9.59 Å². The molecular weight excluding hydrogens is 404 g/mol. The van der Waals surface area contributed by atoms with Crippen LogP contribution in [0.4, 0.5) is 0 Å². The Morgan fingerprint density at radius 2 is 1.94 bits per heavy atom. The van der Waals surface area contributed by atoms with Crippen molar-refractivity contribution in [2.75, 3.05) is 19.7 Å². The van der Waals surface area contributed by atoms with Gasteiger partial charge >= 0.3 is 11.6 Å². The third-order valence-corrected chi connectivity index (χ3v) is 5.86. The minimum atomic E-state index is -1.04. The van der Waals surface area contributed by atoms with Crippen LogP contribution in [0, 0.1) is 0 Å². The van der Waals surface area contributed by atoms with Gasteiger partial charge in [0.1, 0.15) is 17.4 Å². The minimum absolute atomic E-state index is 0.287. The van der Waals surface area contributed by atoms with Gasteiger partial charge in [-0.05, 0) is 56.2 Å². The Bertz CT molecular complexity index is 1090. The first-order valence-electron chi connectivity index (χ1n) is 10.4. The number of aliphatic carboxylic acids is 1. The van der Waals surface area contributed by atoms with Crippen molar-refractivity contribution in [2.24, 2.45) is 0 Å². The number of fused-ring (bicyclic) bond motifs is 3. The van der Waals surface area contributed by atoms with E-state index < -0.39 is 23.8 Å². The molecule has 0 saturated carbocycles. The SMILES string of the molecule is O=C(COc1ccc2c3c(c(=O)oc2c1)CCCC3)NCC(=O)N1CCC[C@@H]1C(=O)O. The summed E-state index contributed by atoms with van der Waals surface area (Å²) in [6.07, 6.45) is 4.63. The minimum Gasteiger partial charge on any atom is -0.484 e. The number of nitrogens with zero attached hydrogens (tertiary/aromatic N) is 1. The number of ether oxygens (including phenoxy) is 1. The molecule has 9 heteroatoms. The molecular formula is C22H24N2O7. The van der Waals surface area contributed by atoms with Crippen molar-refractivity contribution >= 4 is 28.8 Å². The van der Waals surface area contributed by atoms with Crippen LogP contribution in [-0.2, 0) is 27.2 Å². The van der Waals surface area contributed by atoms with Crippen LogP contribution in [0.5, 0.6) is 5.75 Å². The second kappa shape index (κ2) is 8.79. The normalized spacial score (nSPS) is 17.9. The summed E-state index contributed by atoms with van der Waals surface area (Å²) in [5.41, 5.74) is 1.88. The summed E-state index contributed by atoms with van der Waals surface area (Å²) < 4.78 is 10.9. The summed E-state index contributed by atoms with van der Waals surface area (Å²) >= 11 is 0. The summed E-state index contributed by atoms with van der Waals surface area (Å²) in [6, 6.07) is 4.31. The Morgan fingerprint density at radius 3 is 2.71 bits per heavy atom. The second-order valence-electron chi connectivity index (χ2n) is 7.86. The number of carboxylic acid groups (broad SMARTS) is 1. The molecule has 2 aliphatic rings. The van der Waals surface area contributed by atoms with Crippen LogP contribution < -0.4 is 15.7 Å². The van der Waals surface area contributed by atoms with Crippen LogP contribution in [0.15, 0.2) is 27.4 Å². The van der Waals surface area contributed by atoms with Crippen LogP contribution in [0.1, 0.15) is 36.8 Å². The molecule has 0 unspecified atom stereocenters. The number of carbonyl (C=O) groups is 3. The number of carbonyl (C=O) groups excluding carboxylic acids is 2. The number of nitrogens with one attached hydrogen (secondary N) is 1. The standard InChI is InChI=1S/C22H24N2O7/c25-19(23-11-20(26)24-9-3-6-17(24)21(27)28)12-30-13-7-8-15-14-4-1-2-5-16(14)22(29)31-18(15)10-13/h7-8,10,17H,1-6,9,11-12H2,(H,23,25)(H,27,28)/t17-/m1/s1. The summed E-state index contributed by atoms with van der Waals surface area (Å²) in [7, 11) is 0. The molecule has 2 heterocycles. The maximum atomic E-state index is 12.2. The molecule has 31 heavy (non-hydrogen) atoms. The molecule has 1 aliphatic heterocycles. The van der Waals surface area contributed by atoms with Crippen LogP contribution in [-0.4, -0.2) is 53.5 Å². The van der Waals surface area contributed by atoms with Crippen molar-refractivity contribution in [2.45, 2.75) is 44.6 Å². The van der Waals surface area contributed by atoms with Crippen molar-refractivity contribution in [3.8, 4) is 5.75 Å². The van der Waals surface area contributed by atoms with Gasteiger partial charge in [0.15, 0.2) is 6.61 Å². The van der Waals surface area contributed by atoms with Gasteiger partial charge in [0.05, 0.1) is 6.54 Å². The number of amides is 2. The van der Waals surface area contributed by atoms with Gasteiger partial charge in [0, 0.05) is 23.6 Å². The zero-order chi connectivity index (χ0) is 22.0. The molecule has 0 bridgehead atoms. The number of hydrogen-bond acceptors (Lipinski definition) is 6. The topological polar surface area (TPSA) is 126 Å². The molecule has 1 aliphatic carbocycles. The van der Waals surface area contributed by atoms with Gasteiger partial charge in [-0.3, -0.25) is 9.59 Å². The van der Waals surface area contributed by atoms with Crippen LogP contribution in [0.2, 0.25) is 0 Å². The number of benzene rings is 1. The third kappa shape index (κ3) is 4.40. The summed E-state index contributed by atoms with van der Waals surface area (Å²) in [4.78, 5) is 48.9. The Labute approximate surface area is 178 Å². The fourth-order valence-electron chi connectivity index (χ4n) is 4.31. The molecule has 1 atom stereocenters. The molecule has 0 radical (unpaired) electrons. The van der Waals surface area contributed by atoms with E-state index in [2.05, 4.69) is 5.32 Å². The lowest BCUT2D eigenvalue weighted by Crippen LogP contribution is -2.46. The fourth-order valence-corrected chi connectivity index (χ4v) is 4.31. The van der Waals surface area contributed by atoms with Crippen LogP contribution >= 0.6 is 0 Å². The van der Waals surface area contributed by atoms with E-state index in [1.54, 1.807) is 12.1 Å². The van der Waals surface area contributed by atoms with E-state index in [-0.39, 0.29) is 18.8 Å². The van der Waals surface area contributed by atoms with Crippen molar-refractivity contribution in [3.05, 3.63) is 39.7 Å². The molecule has 9 nitrogen and oxygen atoms in total. The summed E-state index contributed by atoms with van der Waals surface area (Å²) in [5.74, 6) is -1.61. The van der Waals surface area contributed by atoms with Crippen molar-refractivity contribution in [3.63, 3.8) is 0 Å². The lowest BCUT2D eigenvalue weighted by molar-refractivity contribution is -0.148. The Hall–Kier alpha value is -3.36. The van der Waals surface area contributed by atoms with E-state index in [0.717, 1.165) is 42.2 Å². The van der Waals surface area contributed by atoms with Crippen molar-refractivity contribution < 1.29 is 28.6 Å². The third-order valence-electron chi connectivity index (χ3n) is 5.86. The summed E-state index contributed by atoms with van der Waals surface area (Å²) in [5, 5.41) is 12.5. The molecule has 2 amide bonds. The Morgan fingerprint density at radius 1 is 1.16 bits per heavy atom. The average molecular weight is 428 g/mol. The molecule has 1 aromatic heterocycles. The molecule has 2 aromatic rings.